The van der Waals surface area contributed by atoms with E-state index in [0.29, 0.717) is 6.54 Å². The van der Waals surface area contributed by atoms with Crippen LogP contribution in [0, 0.1) is 0 Å². The number of likely N-dealkylation sites (N-methyl/N-ethyl adjacent to an activating group) is 1. The molecule has 0 spiro atoms. The Morgan fingerprint density at radius 3 is 2.36 bits per heavy atom. The van der Waals surface area contributed by atoms with Crippen LogP contribution in [-0.4, -0.2) is 31.4 Å². The Labute approximate surface area is 84.5 Å². The van der Waals surface area contributed by atoms with Crippen molar-refractivity contribution in [2.45, 2.75) is 5.92 Å². The van der Waals surface area contributed by atoms with E-state index in [1.165, 1.54) is 0 Å². The van der Waals surface area contributed by atoms with Gasteiger partial charge >= 0.3 is 0 Å². The fourth-order valence-corrected chi connectivity index (χ4v) is 1.38. The van der Waals surface area contributed by atoms with E-state index < -0.39 is 0 Å². The predicted octanol–water partition coefficient (Wildman–Crippen LogP) is 0.817. The van der Waals surface area contributed by atoms with Crippen LogP contribution >= 0.6 is 0 Å². The summed E-state index contributed by atoms with van der Waals surface area (Å²) in [5.41, 5.74) is 6.58. The molecule has 1 aromatic carbocycles. The molecule has 1 atom stereocenters. The fraction of sp³-hybridized carbons (Fsp3) is 0.364. The molecule has 0 aliphatic carbocycles. The molecule has 3 nitrogen and oxygen atoms in total. The summed E-state index contributed by atoms with van der Waals surface area (Å²) < 4.78 is 0. The second kappa shape index (κ2) is 4.77. The van der Waals surface area contributed by atoms with Crippen LogP contribution in [0.3, 0.4) is 0 Å². The van der Waals surface area contributed by atoms with E-state index in [9.17, 15) is 4.79 Å². The lowest BCUT2D eigenvalue weighted by molar-refractivity contribution is -0.130. The van der Waals surface area contributed by atoms with Crippen molar-refractivity contribution in [1.82, 2.24) is 4.90 Å². The van der Waals surface area contributed by atoms with Crippen LogP contribution in [0.5, 0.6) is 0 Å². The normalized spacial score (nSPS) is 12.2. The summed E-state index contributed by atoms with van der Waals surface area (Å²) in [6.45, 7) is 0.348. The molecule has 76 valence electrons. The number of carbonyl (C=O) groups excluding carboxylic acids is 1. The van der Waals surface area contributed by atoms with Gasteiger partial charge in [-0.05, 0) is 5.56 Å². The van der Waals surface area contributed by atoms with Gasteiger partial charge < -0.3 is 10.6 Å². The smallest absolute Gasteiger partial charge is 0.230 e. The average Bonchev–Trinajstić information content (AvgIpc) is 2.20. The van der Waals surface area contributed by atoms with Gasteiger partial charge in [-0.15, -0.1) is 0 Å². The van der Waals surface area contributed by atoms with Crippen molar-refractivity contribution < 1.29 is 4.79 Å². The van der Waals surface area contributed by atoms with Gasteiger partial charge in [-0.25, -0.2) is 0 Å². The molecule has 0 heterocycles. The summed E-state index contributed by atoms with van der Waals surface area (Å²) in [6, 6.07) is 9.62. The number of nitrogens with zero attached hydrogens (tertiary/aromatic N) is 1. The van der Waals surface area contributed by atoms with Gasteiger partial charge in [0.25, 0.3) is 0 Å². The number of amides is 1. The van der Waals surface area contributed by atoms with E-state index in [-0.39, 0.29) is 11.8 Å². The molecule has 1 amide bonds. The van der Waals surface area contributed by atoms with Crippen molar-refractivity contribution in [1.29, 1.82) is 0 Å². The number of hydrogen-bond acceptors (Lipinski definition) is 2. The molecular weight excluding hydrogens is 176 g/mol. The molecule has 1 aromatic rings. The van der Waals surface area contributed by atoms with Gasteiger partial charge in [0.1, 0.15) is 0 Å². The van der Waals surface area contributed by atoms with E-state index >= 15 is 0 Å². The first kappa shape index (κ1) is 10.7. The molecule has 0 saturated heterocycles. The molecule has 0 radical (unpaired) electrons. The van der Waals surface area contributed by atoms with Gasteiger partial charge in [0.05, 0.1) is 5.92 Å². The SMILES string of the molecule is CN(C)C(=O)C(CN)c1ccccc1. The van der Waals surface area contributed by atoms with Crippen LogP contribution in [0.1, 0.15) is 11.5 Å². The van der Waals surface area contributed by atoms with Crippen LogP contribution in [-0.2, 0) is 4.79 Å². The topological polar surface area (TPSA) is 46.3 Å². The van der Waals surface area contributed by atoms with Crippen molar-refractivity contribution in [3.63, 3.8) is 0 Å². The quantitative estimate of drug-likeness (QED) is 0.770. The molecule has 0 aromatic heterocycles. The minimum absolute atomic E-state index is 0.0544. The Bertz CT molecular complexity index is 295. The molecule has 1 rings (SSSR count). The van der Waals surface area contributed by atoms with Crippen molar-refractivity contribution in [2.24, 2.45) is 5.73 Å². The highest BCUT2D eigenvalue weighted by molar-refractivity contribution is 5.83. The summed E-state index contributed by atoms with van der Waals surface area (Å²) >= 11 is 0. The third-order valence-corrected chi connectivity index (χ3v) is 2.18. The highest BCUT2D eigenvalue weighted by atomic mass is 16.2. The number of rotatable bonds is 3. The minimum Gasteiger partial charge on any atom is -0.348 e. The summed E-state index contributed by atoms with van der Waals surface area (Å²) in [5, 5.41) is 0. The maximum atomic E-state index is 11.7. The first-order chi connectivity index (χ1) is 6.66. The standard InChI is InChI=1S/C11H16N2O/c1-13(2)11(14)10(8-12)9-6-4-3-5-7-9/h3-7,10H,8,12H2,1-2H3. The Morgan fingerprint density at radius 1 is 1.36 bits per heavy atom. The van der Waals surface area contributed by atoms with Gasteiger partial charge in [0.15, 0.2) is 0 Å². The maximum absolute atomic E-state index is 11.7. The van der Waals surface area contributed by atoms with E-state index in [0.717, 1.165) is 5.56 Å². The zero-order chi connectivity index (χ0) is 10.6. The van der Waals surface area contributed by atoms with Crippen LogP contribution in [0.25, 0.3) is 0 Å². The summed E-state index contributed by atoms with van der Waals surface area (Å²) in [4.78, 5) is 13.3. The second-order valence-electron chi connectivity index (χ2n) is 3.43. The largest absolute Gasteiger partial charge is 0.348 e. The van der Waals surface area contributed by atoms with E-state index in [1.54, 1.807) is 19.0 Å². The van der Waals surface area contributed by atoms with Crippen LogP contribution in [0.2, 0.25) is 0 Å². The molecule has 14 heavy (non-hydrogen) atoms. The summed E-state index contributed by atoms with van der Waals surface area (Å²) in [6.07, 6.45) is 0. The molecule has 3 heteroatoms. The zero-order valence-electron chi connectivity index (χ0n) is 8.60. The maximum Gasteiger partial charge on any atom is 0.230 e. The van der Waals surface area contributed by atoms with Crippen LogP contribution in [0.15, 0.2) is 30.3 Å². The van der Waals surface area contributed by atoms with E-state index in [4.69, 9.17) is 5.73 Å². The molecular formula is C11H16N2O. The molecule has 0 bridgehead atoms. The van der Waals surface area contributed by atoms with Gasteiger partial charge in [0.2, 0.25) is 5.91 Å². The molecule has 2 N–H and O–H groups in total. The van der Waals surface area contributed by atoms with Crippen molar-refractivity contribution >= 4 is 5.91 Å². The van der Waals surface area contributed by atoms with Gasteiger partial charge in [-0.2, -0.15) is 0 Å². The lowest BCUT2D eigenvalue weighted by Crippen LogP contribution is -2.32. The summed E-state index contributed by atoms with van der Waals surface area (Å²) in [7, 11) is 3.49. The number of nitrogens with two attached hydrogens (primary N) is 1. The van der Waals surface area contributed by atoms with Gasteiger partial charge in [-0.1, -0.05) is 30.3 Å². The Hall–Kier alpha value is -1.35. The Kier molecular flexibility index (Phi) is 3.65. The highest BCUT2D eigenvalue weighted by Gasteiger charge is 2.19. The number of carbonyl (C=O) groups is 1. The minimum atomic E-state index is -0.216. The van der Waals surface area contributed by atoms with E-state index in [2.05, 4.69) is 0 Å². The molecule has 0 aliphatic rings. The van der Waals surface area contributed by atoms with Crippen LogP contribution < -0.4 is 5.73 Å². The second-order valence-corrected chi connectivity index (χ2v) is 3.43. The summed E-state index contributed by atoms with van der Waals surface area (Å²) in [5.74, 6) is -0.162. The third-order valence-electron chi connectivity index (χ3n) is 2.18. The average molecular weight is 192 g/mol. The van der Waals surface area contributed by atoms with Gasteiger partial charge in [-0.3, -0.25) is 4.79 Å². The van der Waals surface area contributed by atoms with Crippen molar-refractivity contribution in [2.75, 3.05) is 20.6 Å². The molecule has 1 unspecified atom stereocenters. The van der Waals surface area contributed by atoms with Crippen LogP contribution in [0.4, 0.5) is 0 Å². The Morgan fingerprint density at radius 2 is 1.93 bits per heavy atom. The lowest BCUT2D eigenvalue weighted by Gasteiger charge is -2.19. The van der Waals surface area contributed by atoms with E-state index in [1.807, 2.05) is 30.3 Å². The molecule has 0 saturated carbocycles. The van der Waals surface area contributed by atoms with Crippen molar-refractivity contribution in [3.8, 4) is 0 Å². The van der Waals surface area contributed by atoms with Gasteiger partial charge in [0, 0.05) is 20.6 Å². The van der Waals surface area contributed by atoms with Crippen molar-refractivity contribution in [3.05, 3.63) is 35.9 Å². The zero-order valence-corrected chi connectivity index (χ0v) is 8.60. The number of benzene rings is 1. The molecule has 0 fully saturated rings. The number of hydrogen-bond donors (Lipinski definition) is 1. The Balaban J connectivity index is 2.88. The highest BCUT2D eigenvalue weighted by Crippen LogP contribution is 2.15. The lowest BCUT2D eigenvalue weighted by atomic mass is 9.98. The first-order valence-electron chi connectivity index (χ1n) is 4.63. The monoisotopic (exact) mass is 192 g/mol. The first-order valence-corrected chi connectivity index (χ1v) is 4.63. The predicted molar refractivity (Wildman–Crippen MR) is 56.9 cm³/mol. The molecule has 0 aliphatic heterocycles. The third kappa shape index (κ3) is 2.33. The fourth-order valence-electron chi connectivity index (χ4n) is 1.38.